The van der Waals surface area contributed by atoms with Crippen LogP contribution in [0.2, 0.25) is 0 Å². The second-order valence-corrected chi connectivity index (χ2v) is 3.60. The number of hydrogen-bond acceptors (Lipinski definition) is 1. The van der Waals surface area contributed by atoms with Gasteiger partial charge in [-0.05, 0) is 11.8 Å². The van der Waals surface area contributed by atoms with Crippen molar-refractivity contribution in [3.8, 4) is 0 Å². The Kier molecular flexibility index (Phi) is 3.35. The molecule has 0 aromatic rings. The molecule has 0 aliphatic carbocycles. The normalized spacial score (nSPS) is 13.6. The fourth-order valence-corrected chi connectivity index (χ4v) is 0.473. The molecule has 0 aromatic heterocycles. The first kappa shape index (κ1) is 10.8. The van der Waals surface area contributed by atoms with Crippen LogP contribution < -0.4 is 0 Å². The van der Waals surface area contributed by atoms with Gasteiger partial charge in [0.2, 0.25) is 0 Å². The quantitative estimate of drug-likeness (QED) is 0.619. The fraction of sp³-hybridized carbons (Fsp3) is 1.00. The standard InChI is InChI=1S/C7H13F3O/c1-6(2,3)4-5-11-7(8,9)10/h4-5H2,1-3H3. The third-order valence-corrected chi connectivity index (χ3v) is 1.12. The summed E-state index contributed by atoms with van der Waals surface area (Å²) in [5, 5.41) is 0. The van der Waals surface area contributed by atoms with Gasteiger partial charge in [-0.2, -0.15) is 0 Å². The van der Waals surface area contributed by atoms with Crippen molar-refractivity contribution in [1.82, 2.24) is 0 Å². The van der Waals surface area contributed by atoms with E-state index in [0.29, 0.717) is 6.42 Å². The van der Waals surface area contributed by atoms with E-state index in [1.54, 1.807) is 0 Å². The molecule has 0 radical (unpaired) electrons. The van der Waals surface area contributed by atoms with E-state index in [1.165, 1.54) is 0 Å². The van der Waals surface area contributed by atoms with E-state index < -0.39 is 6.36 Å². The van der Waals surface area contributed by atoms with Gasteiger partial charge in [0.15, 0.2) is 0 Å². The lowest BCUT2D eigenvalue weighted by atomic mass is 9.93. The highest BCUT2D eigenvalue weighted by Gasteiger charge is 2.29. The number of hydrogen-bond donors (Lipinski definition) is 0. The van der Waals surface area contributed by atoms with Crippen LogP contribution in [-0.2, 0) is 4.74 Å². The number of ether oxygens (including phenoxy) is 1. The summed E-state index contributed by atoms with van der Waals surface area (Å²) in [5.41, 5.74) is -0.106. The van der Waals surface area contributed by atoms with Crippen LogP contribution in [0.3, 0.4) is 0 Å². The molecule has 0 bridgehead atoms. The Labute approximate surface area is 64.5 Å². The van der Waals surface area contributed by atoms with Crippen LogP contribution in [0.5, 0.6) is 0 Å². The van der Waals surface area contributed by atoms with Crippen LogP contribution in [0, 0.1) is 5.41 Å². The number of halogens is 3. The minimum absolute atomic E-state index is 0.106. The molecule has 4 heteroatoms. The lowest BCUT2D eigenvalue weighted by Gasteiger charge is -2.18. The van der Waals surface area contributed by atoms with Crippen molar-refractivity contribution in [3.05, 3.63) is 0 Å². The summed E-state index contributed by atoms with van der Waals surface area (Å²) in [6.45, 7) is 5.35. The highest BCUT2D eigenvalue weighted by molar-refractivity contribution is 4.59. The van der Waals surface area contributed by atoms with Crippen LogP contribution in [0.1, 0.15) is 27.2 Å². The van der Waals surface area contributed by atoms with E-state index in [0.717, 1.165) is 0 Å². The van der Waals surface area contributed by atoms with Gasteiger partial charge < -0.3 is 0 Å². The summed E-state index contributed by atoms with van der Waals surface area (Å²) >= 11 is 0. The predicted molar refractivity (Wildman–Crippen MR) is 36.1 cm³/mol. The number of alkyl halides is 3. The van der Waals surface area contributed by atoms with Gasteiger partial charge in [-0.15, -0.1) is 13.2 Å². The SMILES string of the molecule is CC(C)(C)CCOC(F)(F)F. The average Bonchev–Trinajstić information content (AvgIpc) is 1.55. The lowest BCUT2D eigenvalue weighted by Crippen LogP contribution is -2.18. The Balaban J connectivity index is 3.44. The predicted octanol–water partition coefficient (Wildman–Crippen LogP) is 2.96. The Hall–Kier alpha value is -0.250. The molecule has 0 fully saturated rings. The Morgan fingerprint density at radius 3 is 1.82 bits per heavy atom. The Morgan fingerprint density at radius 1 is 1.09 bits per heavy atom. The zero-order valence-electron chi connectivity index (χ0n) is 6.96. The largest absolute Gasteiger partial charge is 0.522 e. The molecule has 0 heterocycles. The molecular weight excluding hydrogens is 157 g/mol. The second kappa shape index (κ2) is 3.43. The summed E-state index contributed by atoms with van der Waals surface area (Å²) in [7, 11) is 0. The molecule has 11 heavy (non-hydrogen) atoms. The van der Waals surface area contributed by atoms with Gasteiger partial charge in [0.1, 0.15) is 0 Å². The highest BCUT2D eigenvalue weighted by atomic mass is 19.4. The Morgan fingerprint density at radius 2 is 1.55 bits per heavy atom. The van der Waals surface area contributed by atoms with E-state index in [-0.39, 0.29) is 12.0 Å². The maximum absolute atomic E-state index is 11.4. The molecule has 1 nitrogen and oxygen atoms in total. The monoisotopic (exact) mass is 170 g/mol. The van der Waals surface area contributed by atoms with E-state index in [1.807, 2.05) is 20.8 Å². The molecule has 68 valence electrons. The lowest BCUT2D eigenvalue weighted by molar-refractivity contribution is -0.325. The smallest absolute Gasteiger partial charge is 0.292 e. The molecule has 0 saturated carbocycles. The van der Waals surface area contributed by atoms with Crippen molar-refractivity contribution in [2.75, 3.05) is 6.61 Å². The molecule has 0 aliphatic rings. The topological polar surface area (TPSA) is 9.23 Å². The van der Waals surface area contributed by atoms with Crippen molar-refractivity contribution < 1.29 is 17.9 Å². The highest BCUT2D eigenvalue weighted by Crippen LogP contribution is 2.22. The van der Waals surface area contributed by atoms with Gasteiger partial charge in [0.05, 0.1) is 6.61 Å². The minimum Gasteiger partial charge on any atom is -0.292 e. The third-order valence-electron chi connectivity index (χ3n) is 1.12. The van der Waals surface area contributed by atoms with Gasteiger partial charge in [-0.3, -0.25) is 4.74 Å². The van der Waals surface area contributed by atoms with E-state index >= 15 is 0 Å². The first-order chi connectivity index (χ1) is 4.71. The van der Waals surface area contributed by atoms with Crippen molar-refractivity contribution in [1.29, 1.82) is 0 Å². The molecule has 0 aromatic carbocycles. The van der Waals surface area contributed by atoms with Crippen LogP contribution in [0.15, 0.2) is 0 Å². The van der Waals surface area contributed by atoms with E-state index in [2.05, 4.69) is 4.74 Å². The van der Waals surface area contributed by atoms with Crippen LogP contribution >= 0.6 is 0 Å². The molecule has 0 N–H and O–H groups in total. The minimum atomic E-state index is -4.48. The molecule has 0 unspecified atom stereocenters. The molecular formula is C7H13F3O. The maximum atomic E-state index is 11.4. The molecule has 0 saturated heterocycles. The summed E-state index contributed by atoms with van der Waals surface area (Å²) in [6, 6.07) is 0. The summed E-state index contributed by atoms with van der Waals surface area (Å²) in [5.74, 6) is 0. The van der Waals surface area contributed by atoms with Gasteiger partial charge in [0, 0.05) is 0 Å². The van der Waals surface area contributed by atoms with Gasteiger partial charge in [-0.25, -0.2) is 0 Å². The van der Waals surface area contributed by atoms with Crippen LogP contribution in [-0.4, -0.2) is 13.0 Å². The molecule has 0 aliphatic heterocycles. The molecule has 0 atom stereocenters. The summed E-state index contributed by atoms with van der Waals surface area (Å²) in [4.78, 5) is 0. The van der Waals surface area contributed by atoms with Gasteiger partial charge in [-0.1, -0.05) is 20.8 Å². The molecule has 0 rings (SSSR count). The Bertz CT molecular complexity index is 97.8. The van der Waals surface area contributed by atoms with Crippen molar-refractivity contribution in [2.24, 2.45) is 5.41 Å². The van der Waals surface area contributed by atoms with Crippen molar-refractivity contribution >= 4 is 0 Å². The first-order valence-corrected chi connectivity index (χ1v) is 3.41. The zero-order chi connectivity index (χ0) is 9.12. The van der Waals surface area contributed by atoms with Crippen LogP contribution in [0.25, 0.3) is 0 Å². The second-order valence-electron chi connectivity index (χ2n) is 3.60. The molecule has 0 amide bonds. The maximum Gasteiger partial charge on any atom is 0.522 e. The van der Waals surface area contributed by atoms with Crippen molar-refractivity contribution in [2.45, 2.75) is 33.6 Å². The van der Waals surface area contributed by atoms with Gasteiger partial charge >= 0.3 is 6.36 Å². The van der Waals surface area contributed by atoms with E-state index in [9.17, 15) is 13.2 Å². The fourth-order valence-electron chi connectivity index (χ4n) is 0.473. The van der Waals surface area contributed by atoms with Crippen molar-refractivity contribution in [3.63, 3.8) is 0 Å². The van der Waals surface area contributed by atoms with Gasteiger partial charge in [0.25, 0.3) is 0 Å². The summed E-state index contributed by atoms with van der Waals surface area (Å²) in [6.07, 6.45) is -4.07. The summed E-state index contributed by atoms with van der Waals surface area (Å²) < 4.78 is 37.8. The zero-order valence-corrected chi connectivity index (χ0v) is 6.96. The first-order valence-electron chi connectivity index (χ1n) is 3.41. The average molecular weight is 170 g/mol. The van der Waals surface area contributed by atoms with E-state index in [4.69, 9.17) is 0 Å². The van der Waals surface area contributed by atoms with Crippen LogP contribution in [0.4, 0.5) is 13.2 Å². The number of rotatable bonds is 2. The molecule has 0 spiro atoms. The third kappa shape index (κ3) is 9.75.